The number of nitrogens with zero attached hydrogens (tertiary/aromatic N) is 3. The number of hydrogen-bond acceptors (Lipinski definition) is 4. The summed E-state index contributed by atoms with van der Waals surface area (Å²) in [4.78, 5) is 13.0. The number of hydrogen-bond donors (Lipinski definition) is 1. The molecule has 1 aliphatic rings. The van der Waals surface area contributed by atoms with E-state index >= 15 is 0 Å². The van der Waals surface area contributed by atoms with Gasteiger partial charge in [0, 0.05) is 11.5 Å². The molecule has 0 atom stereocenters. The Morgan fingerprint density at radius 3 is 2.60 bits per heavy atom. The predicted molar refractivity (Wildman–Crippen MR) is 75.6 cm³/mol. The second kappa shape index (κ2) is 5.15. The van der Waals surface area contributed by atoms with Crippen LogP contribution >= 0.6 is 0 Å². The summed E-state index contributed by atoms with van der Waals surface area (Å²) in [5, 5.41) is 0. The van der Waals surface area contributed by atoms with Gasteiger partial charge in [0.15, 0.2) is 5.82 Å². The lowest BCUT2D eigenvalue weighted by molar-refractivity contribution is 0.618. The number of nitrogens with two attached hydrogens (primary N) is 1. The Morgan fingerprint density at radius 2 is 1.90 bits per heavy atom. The SMILES string of the molecule is Cc1cc(-c2nc(N)nc(C3CCCC3)n2)ccc1F. The first-order valence-electron chi connectivity index (χ1n) is 6.91. The molecule has 0 spiro atoms. The molecule has 2 N–H and O–H groups in total. The molecule has 0 bridgehead atoms. The van der Waals surface area contributed by atoms with Crippen molar-refractivity contribution in [3.05, 3.63) is 35.4 Å². The first kappa shape index (κ1) is 13.0. The molecule has 3 rings (SSSR count). The smallest absolute Gasteiger partial charge is 0.223 e. The fourth-order valence-corrected chi connectivity index (χ4v) is 2.69. The van der Waals surface area contributed by atoms with Gasteiger partial charge in [-0.1, -0.05) is 12.8 Å². The van der Waals surface area contributed by atoms with E-state index in [0.29, 0.717) is 17.3 Å². The fourth-order valence-electron chi connectivity index (χ4n) is 2.69. The highest BCUT2D eigenvalue weighted by Crippen LogP contribution is 2.33. The van der Waals surface area contributed by atoms with Gasteiger partial charge in [-0.15, -0.1) is 0 Å². The van der Waals surface area contributed by atoms with Gasteiger partial charge in [-0.2, -0.15) is 9.97 Å². The average Bonchev–Trinajstić information content (AvgIpc) is 2.95. The van der Waals surface area contributed by atoms with Crippen LogP contribution in [-0.4, -0.2) is 15.0 Å². The van der Waals surface area contributed by atoms with Crippen LogP contribution in [-0.2, 0) is 0 Å². The minimum atomic E-state index is -0.230. The van der Waals surface area contributed by atoms with Gasteiger partial charge in [-0.3, -0.25) is 0 Å². The van der Waals surface area contributed by atoms with Crippen LogP contribution in [0.4, 0.5) is 10.3 Å². The van der Waals surface area contributed by atoms with Crippen LogP contribution < -0.4 is 5.73 Å². The molecule has 0 radical (unpaired) electrons. The monoisotopic (exact) mass is 272 g/mol. The lowest BCUT2D eigenvalue weighted by Gasteiger charge is -2.10. The third-order valence-electron chi connectivity index (χ3n) is 3.81. The number of benzene rings is 1. The van der Waals surface area contributed by atoms with Crippen LogP contribution in [0.3, 0.4) is 0 Å². The highest BCUT2D eigenvalue weighted by molar-refractivity contribution is 5.57. The van der Waals surface area contributed by atoms with Crippen LogP contribution in [0.15, 0.2) is 18.2 Å². The molecule has 1 heterocycles. The zero-order valence-electron chi connectivity index (χ0n) is 11.4. The summed E-state index contributed by atoms with van der Waals surface area (Å²) in [5.74, 6) is 1.68. The summed E-state index contributed by atoms with van der Waals surface area (Å²) in [7, 11) is 0. The van der Waals surface area contributed by atoms with Crippen molar-refractivity contribution in [1.82, 2.24) is 15.0 Å². The van der Waals surface area contributed by atoms with Gasteiger partial charge in [0.2, 0.25) is 5.95 Å². The topological polar surface area (TPSA) is 64.7 Å². The molecule has 1 aromatic heterocycles. The second-order valence-electron chi connectivity index (χ2n) is 5.32. The van der Waals surface area contributed by atoms with Gasteiger partial charge in [-0.25, -0.2) is 9.37 Å². The van der Waals surface area contributed by atoms with E-state index in [1.165, 1.54) is 18.9 Å². The Hall–Kier alpha value is -2.04. The predicted octanol–water partition coefficient (Wildman–Crippen LogP) is 3.23. The third kappa shape index (κ3) is 2.48. The van der Waals surface area contributed by atoms with E-state index in [0.717, 1.165) is 24.2 Å². The van der Waals surface area contributed by atoms with Crippen molar-refractivity contribution in [3.63, 3.8) is 0 Å². The number of rotatable bonds is 2. The zero-order valence-corrected chi connectivity index (χ0v) is 11.4. The third-order valence-corrected chi connectivity index (χ3v) is 3.81. The molecule has 1 saturated carbocycles. The minimum Gasteiger partial charge on any atom is -0.368 e. The van der Waals surface area contributed by atoms with Crippen molar-refractivity contribution < 1.29 is 4.39 Å². The molecule has 0 aliphatic heterocycles. The van der Waals surface area contributed by atoms with Gasteiger partial charge >= 0.3 is 0 Å². The molecular formula is C15H17FN4. The summed E-state index contributed by atoms with van der Waals surface area (Å²) in [6.07, 6.45) is 4.62. The van der Waals surface area contributed by atoms with Gasteiger partial charge in [0.1, 0.15) is 11.6 Å². The van der Waals surface area contributed by atoms with E-state index in [9.17, 15) is 4.39 Å². The molecule has 0 saturated heterocycles. The molecule has 1 aromatic carbocycles. The van der Waals surface area contributed by atoms with Crippen LogP contribution in [0.1, 0.15) is 43.0 Å². The van der Waals surface area contributed by atoms with Crippen LogP contribution in [0, 0.1) is 12.7 Å². The molecule has 104 valence electrons. The minimum absolute atomic E-state index is 0.230. The number of anilines is 1. The molecule has 20 heavy (non-hydrogen) atoms. The van der Waals surface area contributed by atoms with Gasteiger partial charge in [0.05, 0.1) is 0 Å². The normalized spacial score (nSPS) is 15.7. The molecule has 1 fully saturated rings. The maximum Gasteiger partial charge on any atom is 0.223 e. The van der Waals surface area contributed by atoms with E-state index in [-0.39, 0.29) is 11.8 Å². The molecule has 1 aliphatic carbocycles. The van der Waals surface area contributed by atoms with Crippen LogP contribution in [0.25, 0.3) is 11.4 Å². The fraction of sp³-hybridized carbons (Fsp3) is 0.400. The summed E-state index contributed by atoms with van der Waals surface area (Å²) in [6, 6.07) is 4.85. The van der Waals surface area contributed by atoms with Crippen LogP contribution in [0.2, 0.25) is 0 Å². The number of halogens is 1. The maximum absolute atomic E-state index is 13.3. The Kier molecular flexibility index (Phi) is 3.34. The van der Waals surface area contributed by atoms with Crippen molar-refractivity contribution in [2.45, 2.75) is 38.5 Å². The standard InChI is InChI=1S/C15H17FN4/c1-9-8-11(6-7-12(9)16)14-18-13(19-15(17)20-14)10-4-2-3-5-10/h6-8,10H,2-5H2,1H3,(H2,17,18,19,20). The Balaban J connectivity index is 2.02. The van der Waals surface area contributed by atoms with Crippen molar-refractivity contribution in [2.24, 2.45) is 0 Å². The van der Waals surface area contributed by atoms with Crippen molar-refractivity contribution in [2.75, 3.05) is 5.73 Å². The van der Waals surface area contributed by atoms with E-state index in [1.807, 2.05) is 0 Å². The lowest BCUT2D eigenvalue weighted by Crippen LogP contribution is -2.07. The Labute approximate surface area is 117 Å². The highest BCUT2D eigenvalue weighted by atomic mass is 19.1. The molecule has 0 unspecified atom stereocenters. The van der Waals surface area contributed by atoms with E-state index in [1.54, 1.807) is 19.1 Å². The Morgan fingerprint density at radius 1 is 1.15 bits per heavy atom. The maximum atomic E-state index is 13.3. The molecular weight excluding hydrogens is 255 g/mol. The number of aromatic nitrogens is 3. The highest BCUT2D eigenvalue weighted by Gasteiger charge is 2.21. The van der Waals surface area contributed by atoms with Crippen LogP contribution in [0.5, 0.6) is 0 Å². The van der Waals surface area contributed by atoms with Crippen molar-refractivity contribution >= 4 is 5.95 Å². The molecule has 5 heteroatoms. The first-order valence-corrected chi connectivity index (χ1v) is 6.91. The summed E-state index contributed by atoms with van der Waals surface area (Å²) >= 11 is 0. The summed E-state index contributed by atoms with van der Waals surface area (Å²) < 4.78 is 13.3. The van der Waals surface area contributed by atoms with E-state index in [4.69, 9.17) is 5.73 Å². The van der Waals surface area contributed by atoms with E-state index < -0.39 is 0 Å². The van der Waals surface area contributed by atoms with Crippen molar-refractivity contribution in [1.29, 1.82) is 0 Å². The lowest BCUT2D eigenvalue weighted by atomic mass is 10.1. The summed E-state index contributed by atoms with van der Waals surface area (Å²) in [6.45, 7) is 1.72. The van der Waals surface area contributed by atoms with Gasteiger partial charge < -0.3 is 5.73 Å². The number of aryl methyl sites for hydroxylation is 1. The quantitative estimate of drug-likeness (QED) is 0.911. The molecule has 4 nitrogen and oxygen atoms in total. The van der Waals surface area contributed by atoms with Crippen molar-refractivity contribution in [3.8, 4) is 11.4 Å². The van der Waals surface area contributed by atoms with Gasteiger partial charge in [0.25, 0.3) is 0 Å². The largest absolute Gasteiger partial charge is 0.368 e. The molecule has 0 amide bonds. The van der Waals surface area contributed by atoms with E-state index in [2.05, 4.69) is 15.0 Å². The summed E-state index contributed by atoms with van der Waals surface area (Å²) in [5.41, 5.74) is 7.14. The first-order chi connectivity index (χ1) is 9.63. The Bertz CT molecular complexity index is 636. The van der Waals surface area contributed by atoms with Gasteiger partial charge in [-0.05, 0) is 43.5 Å². The second-order valence-corrected chi connectivity index (χ2v) is 5.32. The average molecular weight is 272 g/mol. The zero-order chi connectivity index (χ0) is 14.1. The number of nitrogen functional groups attached to an aromatic ring is 1. The molecule has 2 aromatic rings.